The van der Waals surface area contributed by atoms with Crippen molar-refractivity contribution < 1.29 is 19.1 Å². The lowest BCUT2D eigenvalue weighted by atomic mass is 10.0. The van der Waals surface area contributed by atoms with E-state index in [9.17, 15) is 14.4 Å². The first kappa shape index (κ1) is 19.4. The van der Waals surface area contributed by atoms with E-state index in [0.29, 0.717) is 16.4 Å². The van der Waals surface area contributed by atoms with Crippen LogP contribution < -0.4 is 10.6 Å². The maximum atomic E-state index is 12.5. The van der Waals surface area contributed by atoms with Crippen molar-refractivity contribution in [2.24, 2.45) is 0 Å². The lowest BCUT2D eigenvalue weighted by Crippen LogP contribution is -2.22. The highest BCUT2D eigenvalue weighted by Gasteiger charge is 2.17. The summed E-state index contributed by atoms with van der Waals surface area (Å²) in [4.78, 5) is 36.1. The van der Waals surface area contributed by atoms with Crippen LogP contribution in [-0.2, 0) is 14.3 Å². The second-order valence-electron chi connectivity index (χ2n) is 6.03. The summed E-state index contributed by atoms with van der Waals surface area (Å²) < 4.78 is 5.13. The van der Waals surface area contributed by atoms with Crippen molar-refractivity contribution in [2.75, 3.05) is 17.2 Å². The summed E-state index contributed by atoms with van der Waals surface area (Å²) in [5, 5.41) is 7.25. The molecule has 3 aromatic carbocycles. The van der Waals surface area contributed by atoms with Gasteiger partial charge >= 0.3 is 5.97 Å². The predicted octanol–water partition coefficient (Wildman–Crippen LogP) is 4.25. The van der Waals surface area contributed by atoms with Gasteiger partial charge in [0.2, 0.25) is 5.91 Å². The molecule has 3 rings (SSSR count). The van der Waals surface area contributed by atoms with Crippen LogP contribution in [0.5, 0.6) is 0 Å². The average molecular weight is 397 g/mol. The van der Waals surface area contributed by atoms with Gasteiger partial charge in [0.05, 0.1) is 22.0 Å². The predicted molar refractivity (Wildman–Crippen MR) is 109 cm³/mol. The van der Waals surface area contributed by atoms with Crippen molar-refractivity contribution in [2.45, 2.75) is 6.92 Å². The molecular weight excluding hydrogens is 380 g/mol. The Kier molecular flexibility index (Phi) is 5.91. The summed E-state index contributed by atoms with van der Waals surface area (Å²) >= 11 is 5.99. The van der Waals surface area contributed by atoms with Gasteiger partial charge < -0.3 is 15.4 Å². The number of fused-ring (bicyclic) bond motifs is 1. The number of benzene rings is 3. The van der Waals surface area contributed by atoms with Crippen molar-refractivity contribution in [1.29, 1.82) is 0 Å². The Labute approximate surface area is 166 Å². The minimum atomic E-state index is -0.719. The summed E-state index contributed by atoms with van der Waals surface area (Å²) in [5.41, 5.74) is 0.914. The number of ether oxygens (including phenoxy) is 1. The van der Waals surface area contributed by atoms with E-state index < -0.39 is 18.5 Å². The molecule has 142 valence electrons. The van der Waals surface area contributed by atoms with Gasteiger partial charge in [0, 0.05) is 6.92 Å². The SMILES string of the molecule is CC(=O)Nc1cc2ccccc2cc1C(=O)OCC(=O)Nc1ccccc1Cl. The van der Waals surface area contributed by atoms with Crippen molar-refractivity contribution in [3.8, 4) is 0 Å². The normalized spacial score (nSPS) is 10.4. The standard InChI is InChI=1S/C21H17ClN2O4/c1-13(25)23-19-11-15-7-3-2-6-14(15)10-16(19)21(27)28-12-20(26)24-18-9-5-4-8-17(18)22/h2-11H,12H2,1H3,(H,23,25)(H,24,26). The first-order chi connectivity index (χ1) is 13.4. The number of carbonyl (C=O) groups is 3. The maximum absolute atomic E-state index is 12.5. The second kappa shape index (κ2) is 8.54. The Morgan fingerprint density at radius 2 is 1.54 bits per heavy atom. The minimum Gasteiger partial charge on any atom is -0.452 e. The molecule has 28 heavy (non-hydrogen) atoms. The third-order valence-corrected chi connectivity index (χ3v) is 4.23. The fourth-order valence-corrected chi connectivity index (χ4v) is 2.84. The van der Waals surface area contributed by atoms with E-state index in [1.807, 2.05) is 24.3 Å². The first-order valence-corrected chi connectivity index (χ1v) is 8.84. The lowest BCUT2D eigenvalue weighted by molar-refractivity contribution is -0.119. The molecule has 0 unspecified atom stereocenters. The molecule has 0 atom stereocenters. The van der Waals surface area contributed by atoms with Crippen molar-refractivity contribution in [3.63, 3.8) is 0 Å². The van der Waals surface area contributed by atoms with Gasteiger partial charge in [-0.05, 0) is 35.0 Å². The molecule has 7 heteroatoms. The molecule has 0 radical (unpaired) electrons. The summed E-state index contributed by atoms with van der Waals surface area (Å²) in [5.74, 6) is -1.56. The molecule has 0 aromatic heterocycles. The Bertz CT molecular complexity index is 1070. The molecule has 0 aliphatic heterocycles. The second-order valence-corrected chi connectivity index (χ2v) is 6.44. The zero-order valence-corrected chi connectivity index (χ0v) is 15.7. The van der Waals surface area contributed by atoms with E-state index in [1.165, 1.54) is 6.92 Å². The number of para-hydroxylation sites is 1. The van der Waals surface area contributed by atoms with E-state index in [4.69, 9.17) is 16.3 Å². The molecule has 0 fully saturated rings. The van der Waals surface area contributed by atoms with Crippen LogP contribution in [0, 0.1) is 0 Å². The Morgan fingerprint density at radius 1 is 0.893 bits per heavy atom. The fourth-order valence-electron chi connectivity index (χ4n) is 2.66. The van der Waals surface area contributed by atoms with Crippen LogP contribution in [0.2, 0.25) is 5.02 Å². The third-order valence-electron chi connectivity index (χ3n) is 3.90. The largest absolute Gasteiger partial charge is 0.452 e. The number of hydrogen-bond donors (Lipinski definition) is 2. The van der Waals surface area contributed by atoms with Gasteiger partial charge in [0.1, 0.15) is 0 Å². The maximum Gasteiger partial charge on any atom is 0.340 e. The quantitative estimate of drug-likeness (QED) is 0.631. The molecule has 0 spiro atoms. The molecule has 0 heterocycles. The summed E-state index contributed by atoms with van der Waals surface area (Å²) in [6.45, 7) is 0.859. The summed E-state index contributed by atoms with van der Waals surface area (Å²) in [7, 11) is 0. The lowest BCUT2D eigenvalue weighted by Gasteiger charge is -2.12. The Hall–Kier alpha value is -3.38. The highest BCUT2D eigenvalue weighted by Crippen LogP contribution is 2.25. The summed E-state index contributed by atoms with van der Waals surface area (Å²) in [6, 6.07) is 17.5. The van der Waals surface area contributed by atoms with Gasteiger partial charge in [0.15, 0.2) is 6.61 Å². The molecule has 3 aromatic rings. The number of hydrogen-bond acceptors (Lipinski definition) is 4. The topological polar surface area (TPSA) is 84.5 Å². The number of amides is 2. The average Bonchev–Trinajstić information content (AvgIpc) is 2.67. The molecule has 0 aliphatic rings. The Morgan fingerprint density at radius 3 is 2.21 bits per heavy atom. The number of esters is 1. The number of anilines is 2. The van der Waals surface area contributed by atoms with Gasteiger partial charge in [0.25, 0.3) is 5.91 Å². The van der Waals surface area contributed by atoms with Crippen LogP contribution in [0.4, 0.5) is 11.4 Å². The van der Waals surface area contributed by atoms with Crippen LogP contribution >= 0.6 is 11.6 Å². The van der Waals surface area contributed by atoms with Crippen molar-refractivity contribution in [3.05, 3.63) is 71.2 Å². The first-order valence-electron chi connectivity index (χ1n) is 8.46. The van der Waals surface area contributed by atoms with E-state index in [0.717, 1.165) is 10.8 Å². The molecule has 0 saturated heterocycles. The number of halogens is 1. The van der Waals surface area contributed by atoms with Crippen molar-refractivity contribution in [1.82, 2.24) is 0 Å². The van der Waals surface area contributed by atoms with Gasteiger partial charge in [-0.1, -0.05) is 48.0 Å². The van der Waals surface area contributed by atoms with E-state index in [1.54, 1.807) is 36.4 Å². The van der Waals surface area contributed by atoms with Gasteiger partial charge in [-0.15, -0.1) is 0 Å². The summed E-state index contributed by atoms with van der Waals surface area (Å²) in [6.07, 6.45) is 0. The van der Waals surface area contributed by atoms with Gasteiger partial charge in [-0.25, -0.2) is 4.79 Å². The van der Waals surface area contributed by atoms with Crippen molar-refractivity contribution >= 4 is 51.5 Å². The monoisotopic (exact) mass is 396 g/mol. The van der Waals surface area contributed by atoms with Crippen LogP contribution in [0.15, 0.2) is 60.7 Å². The van der Waals surface area contributed by atoms with Crippen LogP contribution in [-0.4, -0.2) is 24.4 Å². The Balaban J connectivity index is 1.76. The molecule has 0 bridgehead atoms. The van der Waals surface area contributed by atoms with Gasteiger partial charge in [-0.2, -0.15) is 0 Å². The number of carbonyl (C=O) groups excluding carboxylic acids is 3. The van der Waals surface area contributed by atoms with Crippen LogP contribution in [0.3, 0.4) is 0 Å². The molecule has 2 N–H and O–H groups in total. The number of nitrogens with one attached hydrogen (secondary N) is 2. The molecule has 6 nitrogen and oxygen atoms in total. The van der Waals surface area contributed by atoms with E-state index in [-0.39, 0.29) is 11.5 Å². The zero-order valence-electron chi connectivity index (χ0n) is 15.0. The van der Waals surface area contributed by atoms with Crippen LogP contribution in [0.1, 0.15) is 17.3 Å². The molecule has 0 saturated carbocycles. The molecule has 0 aliphatic carbocycles. The van der Waals surface area contributed by atoms with Crippen LogP contribution in [0.25, 0.3) is 10.8 Å². The van der Waals surface area contributed by atoms with E-state index in [2.05, 4.69) is 10.6 Å². The fraction of sp³-hybridized carbons (Fsp3) is 0.0952. The zero-order chi connectivity index (χ0) is 20.1. The smallest absolute Gasteiger partial charge is 0.340 e. The highest BCUT2D eigenvalue weighted by atomic mass is 35.5. The number of rotatable bonds is 5. The molecular formula is C21H17ClN2O4. The highest BCUT2D eigenvalue weighted by molar-refractivity contribution is 6.33. The molecule has 2 amide bonds. The van der Waals surface area contributed by atoms with E-state index >= 15 is 0 Å². The third kappa shape index (κ3) is 4.66. The minimum absolute atomic E-state index is 0.166. The van der Waals surface area contributed by atoms with Gasteiger partial charge in [-0.3, -0.25) is 9.59 Å².